The van der Waals surface area contributed by atoms with Gasteiger partial charge in [-0.05, 0) is 70.6 Å². The van der Waals surface area contributed by atoms with Gasteiger partial charge in [0, 0.05) is 5.69 Å². The summed E-state index contributed by atoms with van der Waals surface area (Å²) in [7, 11) is -3.66. The molecule has 0 aliphatic heterocycles. The van der Waals surface area contributed by atoms with Gasteiger partial charge in [-0.15, -0.1) is 0 Å². The second kappa shape index (κ2) is 7.95. The van der Waals surface area contributed by atoms with Gasteiger partial charge in [-0.3, -0.25) is 9.40 Å². The lowest BCUT2D eigenvalue weighted by Crippen LogP contribution is -2.15. The number of anilines is 1. The molecule has 0 saturated carbocycles. The summed E-state index contributed by atoms with van der Waals surface area (Å²) >= 11 is 3.54. The van der Waals surface area contributed by atoms with E-state index in [4.69, 9.17) is 0 Å². The minimum Gasteiger partial charge on any atom is -0.280 e. The van der Waals surface area contributed by atoms with Crippen LogP contribution in [0.25, 0.3) is 0 Å². The van der Waals surface area contributed by atoms with E-state index in [1.807, 2.05) is 48.9 Å². The van der Waals surface area contributed by atoms with Gasteiger partial charge in [-0.1, -0.05) is 45.0 Å². The minimum atomic E-state index is -3.66. The predicted octanol–water partition coefficient (Wildman–Crippen LogP) is 5.41. The van der Waals surface area contributed by atoms with Crippen molar-refractivity contribution in [3.63, 3.8) is 0 Å². The number of rotatable bonds is 5. The van der Waals surface area contributed by atoms with Crippen LogP contribution in [0, 0.1) is 13.8 Å². The number of sulfonamides is 1. The van der Waals surface area contributed by atoms with E-state index in [0.29, 0.717) is 12.2 Å². The number of aryl methyl sites for hydroxylation is 1. The standard InChI is InChI=1S/C22H26BrN3O2S/c1-15-21(23)16(2)26(24-15)14-17-7-6-8-19(13-17)25-29(27,28)20-11-9-18(10-12-20)22(3,4)5/h6-13,25H,14H2,1-5H3. The Morgan fingerprint density at radius 3 is 2.28 bits per heavy atom. The third-order valence-corrected chi connectivity index (χ3v) is 7.38. The zero-order valence-electron chi connectivity index (χ0n) is 17.3. The third kappa shape index (κ3) is 4.90. The maximum Gasteiger partial charge on any atom is 0.261 e. The molecule has 0 aliphatic rings. The quantitative estimate of drug-likeness (QED) is 0.536. The molecule has 29 heavy (non-hydrogen) atoms. The first-order valence-electron chi connectivity index (χ1n) is 9.39. The minimum absolute atomic E-state index is 0.0258. The molecule has 1 heterocycles. The summed E-state index contributed by atoms with van der Waals surface area (Å²) in [6.07, 6.45) is 0. The van der Waals surface area contributed by atoms with Crippen molar-refractivity contribution in [1.29, 1.82) is 0 Å². The molecular weight excluding hydrogens is 450 g/mol. The summed E-state index contributed by atoms with van der Waals surface area (Å²) in [6, 6.07) is 14.4. The molecule has 2 aromatic carbocycles. The average molecular weight is 476 g/mol. The average Bonchev–Trinajstić information content (AvgIpc) is 2.88. The SMILES string of the molecule is Cc1nn(Cc2cccc(NS(=O)(=O)c3ccc(C(C)(C)C)cc3)c2)c(C)c1Br. The molecule has 1 aromatic heterocycles. The van der Waals surface area contributed by atoms with Crippen LogP contribution in [-0.4, -0.2) is 18.2 Å². The van der Waals surface area contributed by atoms with Crippen molar-refractivity contribution in [2.45, 2.75) is 51.5 Å². The van der Waals surface area contributed by atoms with Crippen LogP contribution < -0.4 is 4.72 Å². The van der Waals surface area contributed by atoms with Crippen LogP contribution >= 0.6 is 15.9 Å². The van der Waals surface area contributed by atoms with Crippen molar-refractivity contribution >= 4 is 31.6 Å². The van der Waals surface area contributed by atoms with Crippen LogP contribution in [0.3, 0.4) is 0 Å². The maximum absolute atomic E-state index is 12.8. The monoisotopic (exact) mass is 475 g/mol. The number of halogens is 1. The molecule has 0 saturated heterocycles. The molecule has 0 bridgehead atoms. The van der Waals surface area contributed by atoms with E-state index in [0.717, 1.165) is 27.0 Å². The van der Waals surface area contributed by atoms with E-state index in [-0.39, 0.29) is 10.3 Å². The molecule has 0 unspecified atom stereocenters. The molecule has 0 amide bonds. The van der Waals surface area contributed by atoms with Crippen molar-refractivity contribution in [3.05, 3.63) is 75.5 Å². The Morgan fingerprint density at radius 2 is 1.72 bits per heavy atom. The van der Waals surface area contributed by atoms with E-state index in [1.54, 1.807) is 18.2 Å². The molecule has 0 aliphatic carbocycles. The molecule has 1 N–H and O–H groups in total. The van der Waals surface area contributed by atoms with Crippen molar-refractivity contribution in [2.24, 2.45) is 0 Å². The molecule has 154 valence electrons. The van der Waals surface area contributed by atoms with E-state index in [9.17, 15) is 8.42 Å². The van der Waals surface area contributed by atoms with E-state index < -0.39 is 10.0 Å². The van der Waals surface area contributed by atoms with Gasteiger partial charge in [0.15, 0.2) is 0 Å². The second-order valence-corrected chi connectivity index (χ2v) is 10.7. The van der Waals surface area contributed by atoms with Crippen molar-refractivity contribution < 1.29 is 8.42 Å². The van der Waals surface area contributed by atoms with Crippen LogP contribution in [0.4, 0.5) is 5.69 Å². The summed E-state index contributed by atoms with van der Waals surface area (Å²) < 4.78 is 31.2. The Bertz CT molecular complexity index is 1130. The molecule has 0 radical (unpaired) electrons. The molecule has 7 heteroatoms. The Hall–Kier alpha value is -2.12. The highest BCUT2D eigenvalue weighted by atomic mass is 79.9. The smallest absolute Gasteiger partial charge is 0.261 e. The Labute approximate surface area is 181 Å². The molecule has 5 nitrogen and oxygen atoms in total. The fourth-order valence-corrected chi connectivity index (χ4v) is 4.42. The lowest BCUT2D eigenvalue weighted by molar-refractivity contribution is 0.587. The van der Waals surface area contributed by atoms with Gasteiger partial charge in [0.2, 0.25) is 0 Å². The van der Waals surface area contributed by atoms with Crippen LogP contribution in [0.5, 0.6) is 0 Å². The molecule has 3 aromatic rings. The summed E-state index contributed by atoms with van der Waals surface area (Å²) in [5.41, 5.74) is 4.52. The number of aromatic nitrogens is 2. The highest BCUT2D eigenvalue weighted by Crippen LogP contribution is 2.25. The zero-order valence-corrected chi connectivity index (χ0v) is 19.7. The Morgan fingerprint density at radius 1 is 1.07 bits per heavy atom. The van der Waals surface area contributed by atoms with Gasteiger partial charge in [-0.2, -0.15) is 5.10 Å². The van der Waals surface area contributed by atoms with Gasteiger partial charge in [-0.25, -0.2) is 8.42 Å². The number of hydrogen-bond donors (Lipinski definition) is 1. The van der Waals surface area contributed by atoms with E-state index in [1.165, 1.54) is 0 Å². The fourth-order valence-electron chi connectivity index (χ4n) is 3.08. The highest BCUT2D eigenvalue weighted by molar-refractivity contribution is 9.10. The van der Waals surface area contributed by atoms with Crippen molar-refractivity contribution in [2.75, 3.05) is 4.72 Å². The molecule has 0 atom stereocenters. The van der Waals surface area contributed by atoms with Crippen LogP contribution in [0.2, 0.25) is 0 Å². The zero-order chi connectivity index (χ0) is 21.4. The first kappa shape index (κ1) is 21.6. The summed E-state index contributed by atoms with van der Waals surface area (Å²) in [5.74, 6) is 0. The van der Waals surface area contributed by atoms with Crippen LogP contribution in [0.15, 0.2) is 57.9 Å². The van der Waals surface area contributed by atoms with Gasteiger partial charge in [0.1, 0.15) is 0 Å². The van der Waals surface area contributed by atoms with Gasteiger partial charge >= 0.3 is 0 Å². The third-order valence-electron chi connectivity index (χ3n) is 4.84. The first-order valence-corrected chi connectivity index (χ1v) is 11.7. The number of hydrogen-bond acceptors (Lipinski definition) is 3. The first-order chi connectivity index (χ1) is 13.5. The van der Waals surface area contributed by atoms with Gasteiger partial charge < -0.3 is 0 Å². The van der Waals surface area contributed by atoms with Crippen molar-refractivity contribution in [1.82, 2.24) is 9.78 Å². The lowest BCUT2D eigenvalue weighted by Gasteiger charge is -2.19. The number of nitrogens with zero attached hydrogens (tertiary/aromatic N) is 2. The topological polar surface area (TPSA) is 64.0 Å². The fraction of sp³-hybridized carbons (Fsp3) is 0.318. The van der Waals surface area contributed by atoms with Gasteiger partial charge in [0.25, 0.3) is 10.0 Å². The Kier molecular flexibility index (Phi) is 5.92. The number of nitrogens with one attached hydrogen (secondary N) is 1. The normalized spacial score (nSPS) is 12.2. The second-order valence-electron chi connectivity index (χ2n) is 8.22. The van der Waals surface area contributed by atoms with Gasteiger partial charge in [0.05, 0.1) is 27.3 Å². The molecule has 0 fully saturated rings. The summed E-state index contributed by atoms with van der Waals surface area (Å²) in [5, 5.41) is 4.52. The number of benzene rings is 2. The predicted molar refractivity (Wildman–Crippen MR) is 121 cm³/mol. The lowest BCUT2D eigenvalue weighted by atomic mass is 9.87. The molecular formula is C22H26BrN3O2S. The van der Waals surface area contributed by atoms with E-state index >= 15 is 0 Å². The van der Waals surface area contributed by atoms with Crippen molar-refractivity contribution in [3.8, 4) is 0 Å². The van der Waals surface area contributed by atoms with Crippen LogP contribution in [-0.2, 0) is 22.0 Å². The highest BCUT2D eigenvalue weighted by Gasteiger charge is 2.18. The van der Waals surface area contributed by atoms with Crippen LogP contribution in [0.1, 0.15) is 43.3 Å². The van der Waals surface area contributed by atoms with E-state index in [2.05, 4.69) is 46.5 Å². The summed E-state index contributed by atoms with van der Waals surface area (Å²) in [6.45, 7) is 10.8. The molecule has 0 spiro atoms. The molecule has 3 rings (SSSR count). The Balaban J connectivity index is 1.81. The maximum atomic E-state index is 12.8. The summed E-state index contributed by atoms with van der Waals surface area (Å²) in [4.78, 5) is 0.248. The largest absolute Gasteiger partial charge is 0.280 e.